The molecule has 0 spiro atoms. The van der Waals surface area contributed by atoms with E-state index in [2.05, 4.69) is 17.6 Å². The number of ether oxygens (including phenoxy) is 2. The zero-order chi connectivity index (χ0) is 36.9. The van der Waals surface area contributed by atoms with Gasteiger partial charge in [-0.1, -0.05) is 76.4 Å². The van der Waals surface area contributed by atoms with Crippen LogP contribution in [-0.4, -0.2) is 63.7 Å². The van der Waals surface area contributed by atoms with Gasteiger partial charge in [0, 0.05) is 13.0 Å². The number of carbonyl (C=O) groups is 4. The molecule has 0 aromatic heterocycles. The van der Waals surface area contributed by atoms with Gasteiger partial charge in [-0.15, -0.1) is 0 Å². The normalized spacial score (nSPS) is 13.6. The first-order chi connectivity index (χ1) is 22.8. The Balaban J connectivity index is 2.67. The first kappa shape index (κ1) is 41.1. The Morgan fingerprint density at radius 3 is 2.02 bits per heavy atom. The fourth-order valence-corrected chi connectivity index (χ4v) is 5.41. The molecule has 272 valence electrons. The number of amides is 3. The van der Waals surface area contributed by atoms with Gasteiger partial charge < -0.3 is 30.1 Å². The van der Waals surface area contributed by atoms with E-state index in [1.807, 2.05) is 44.2 Å². The summed E-state index contributed by atoms with van der Waals surface area (Å²) in [6.07, 6.45) is 3.10. The fourth-order valence-electron chi connectivity index (χ4n) is 5.41. The highest BCUT2D eigenvalue weighted by molar-refractivity contribution is 5.94. The van der Waals surface area contributed by atoms with Gasteiger partial charge in [0.05, 0.1) is 0 Å². The van der Waals surface area contributed by atoms with Crippen molar-refractivity contribution in [3.63, 3.8) is 0 Å². The third-order valence-electron chi connectivity index (χ3n) is 7.62. The molecule has 2 rings (SSSR count). The molecule has 3 unspecified atom stereocenters. The number of benzene rings is 2. The van der Waals surface area contributed by atoms with Crippen molar-refractivity contribution >= 4 is 23.9 Å². The van der Waals surface area contributed by atoms with Gasteiger partial charge in [-0.2, -0.15) is 0 Å². The van der Waals surface area contributed by atoms with Crippen molar-refractivity contribution in [3.05, 3.63) is 65.2 Å². The number of alkyl carbamates (subject to hydrolysis) is 1. The van der Waals surface area contributed by atoms with Crippen LogP contribution in [0.1, 0.15) is 117 Å². The van der Waals surface area contributed by atoms with Gasteiger partial charge >= 0.3 is 12.1 Å². The van der Waals surface area contributed by atoms with Crippen LogP contribution in [0.3, 0.4) is 0 Å². The van der Waals surface area contributed by atoms with Crippen molar-refractivity contribution in [2.24, 2.45) is 5.92 Å². The maximum absolute atomic E-state index is 14.6. The first-order valence-corrected chi connectivity index (χ1v) is 17.5. The average Bonchev–Trinajstić information content (AvgIpc) is 2.97. The minimum atomic E-state index is -1.19. The molecule has 0 saturated carbocycles. The van der Waals surface area contributed by atoms with E-state index in [1.54, 1.807) is 60.6 Å². The number of nitrogens with zero attached hydrogens (tertiary/aromatic N) is 1. The van der Waals surface area contributed by atoms with Gasteiger partial charge in [0.2, 0.25) is 11.8 Å². The first-order valence-electron chi connectivity index (χ1n) is 17.5. The van der Waals surface area contributed by atoms with Crippen LogP contribution in [0.2, 0.25) is 0 Å². The molecule has 3 amide bonds. The van der Waals surface area contributed by atoms with E-state index in [1.165, 1.54) is 11.0 Å². The monoisotopic (exact) mass is 681 g/mol. The van der Waals surface area contributed by atoms with E-state index in [4.69, 9.17) is 9.47 Å². The number of aryl methyl sites for hydroxylation is 1. The van der Waals surface area contributed by atoms with Crippen molar-refractivity contribution in [1.82, 2.24) is 15.5 Å². The summed E-state index contributed by atoms with van der Waals surface area (Å²) in [7, 11) is 0. The fraction of sp³-hybridized carbons (Fsp3) is 0.590. The molecule has 0 radical (unpaired) electrons. The summed E-state index contributed by atoms with van der Waals surface area (Å²) < 4.78 is 11.2. The number of esters is 1. The lowest BCUT2D eigenvalue weighted by Gasteiger charge is -2.36. The molecule has 0 heterocycles. The average molecular weight is 682 g/mol. The number of nitrogens with one attached hydrogen (secondary N) is 2. The summed E-state index contributed by atoms with van der Waals surface area (Å²) in [6.45, 7) is 18.4. The highest BCUT2D eigenvalue weighted by Crippen LogP contribution is 2.29. The smallest absolute Gasteiger partial charge is 0.408 e. The van der Waals surface area contributed by atoms with Crippen LogP contribution >= 0.6 is 0 Å². The van der Waals surface area contributed by atoms with Crippen molar-refractivity contribution in [2.75, 3.05) is 6.54 Å². The zero-order valence-electron chi connectivity index (χ0n) is 31.2. The molecule has 3 atom stereocenters. The van der Waals surface area contributed by atoms with Crippen molar-refractivity contribution < 1.29 is 33.8 Å². The van der Waals surface area contributed by atoms with Gasteiger partial charge in [0.25, 0.3) is 0 Å². The summed E-state index contributed by atoms with van der Waals surface area (Å²) >= 11 is 0. The maximum Gasteiger partial charge on any atom is 0.408 e. The second-order valence-electron chi connectivity index (χ2n) is 15.2. The van der Waals surface area contributed by atoms with Gasteiger partial charge in [0.1, 0.15) is 35.1 Å². The van der Waals surface area contributed by atoms with E-state index in [0.717, 1.165) is 24.8 Å². The summed E-state index contributed by atoms with van der Waals surface area (Å²) in [5.41, 5.74) is 0.216. The molecule has 0 saturated heterocycles. The molecule has 10 nitrogen and oxygen atoms in total. The minimum absolute atomic E-state index is 0.0245. The Morgan fingerprint density at radius 1 is 0.837 bits per heavy atom. The van der Waals surface area contributed by atoms with Crippen LogP contribution in [0.25, 0.3) is 0 Å². The van der Waals surface area contributed by atoms with Gasteiger partial charge in [0.15, 0.2) is 0 Å². The molecule has 49 heavy (non-hydrogen) atoms. The Bertz CT molecular complexity index is 1380. The quantitative estimate of drug-likeness (QED) is 0.126. The molecular formula is C39H59N3O7. The lowest BCUT2D eigenvalue weighted by molar-refractivity contribution is -0.159. The highest BCUT2D eigenvalue weighted by Gasteiger charge is 2.38. The van der Waals surface area contributed by atoms with Crippen molar-refractivity contribution in [3.8, 4) is 5.75 Å². The minimum Gasteiger partial charge on any atom is -0.508 e. The third-order valence-corrected chi connectivity index (χ3v) is 7.62. The zero-order valence-corrected chi connectivity index (χ0v) is 31.2. The number of carbonyl (C=O) groups excluding carboxylic acids is 4. The predicted molar refractivity (Wildman–Crippen MR) is 192 cm³/mol. The van der Waals surface area contributed by atoms with E-state index >= 15 is 0 Å². The summed E-state index contributed by atoms with van der Waals surface area (Å²) in [5, 5.41) is 16.1. The number of phenols is 1. The molecule has 2 aromatic carbocycles. The van der Waals surface area contributed by atoms with Crippen molar-refractivity contribution in [2.45, 2.75) is 137 Å². The lowest BCUT2D eigenvalue weighted by atomic mass is 9.97. The Hall–Kier alpha value is -4.08. The van der Waals surface area contributed by atoms with Gasteiger partial charge in [-0.25, -0.2) is 9.59 Å². The number of phenolic OH excluding ortho intramolecular Hbond substituents is 1. The molecule has 0 bridgehead atoms. The Kier molecular flexibility index (Phi) is 15.6. The van der Waals surface area contributed by atoms with E-state index in [-0.39, 0.29) is 24.6 Å². The summed E-state index contributed by atoms with van der Waals surface area (Å²) in [5.74, 6) is -1.56. The number of hydrogen-bond acceptors (Lipinski definition) is 7. The number of unbranched alkanes of at least 4 members (excludes halogenated alkanes) is 3. The second-order valence-corrected chi connectivity index (χ2v) is 15.2. The Morgan fingerprint density at radius 2 is 1.47 bits per heavy atom. The molecule has 0 aliphatic rings. The van der Waals surface area contributed by atoms with Crippen LogP contribution in [0.5, 0.6) is 5.75 Å². The van der Waals surface area contributed by atoms with Crippen LogP contribution in [-0.2, 0) is 30.3 Å². The van der Waals surface area contributed by atoms with Crippen molar-refractivity contribution in [1.29, 1.82) is 0 Å². The molecule has 0 aliphatic heterocycles. The van der Waals surface area contributed by atoms with Crippen LogP contribution < -0.4 is 10.6 Å². The highest BCUT2D eigenvalue weighted by atomic mass is 16.6. The largest absolute Gasteiger partial charge is 0.508 e. The number of hydrogen-bond donors (Lipinski definition) is 3. The second kappa shape index (κ2) is 18.6. The summed E-state index contributed by atoms with van der Waals surface area (Å²) in [4.78, 5) is 57.3. The standard InChI is InChI=1S/C39H59N3O7/c1-11-12-13-17-22-42(35(45)30(23-26(2)3)41-37(47)49-39(8,9)10)33(29-20-21-32(43)27(4)24-29)34(44)40-31(36(46)48-38(5,6)7)25-28-18-15-14-16-19-28/h14-16,18-21,24,26,30-31,33,43H,11-13,17,22-23,25H2,1-10H3,(H,40,44)(H,41,47). The summed E-state index contributed by atoms with van der Waals surface area (Å²) in [6, 6.07) is 10.9. The van der Waals surface area contributed by atoms with E-state index < -0.39 is 53.2 Å². The number of rotatable bonds is 16. The Labute approximate surface area is 293 Å². The van der Waals surface area contributed by atoms with E-state index in [9.17, 15) is 24.3 Å². The predicted octanol–water partition coefficient (Wildman–Crippen LogP) is 7.16. The number of aromatic hydroxyl groups is 1. The molecule has 10 heteroatoms. The lowest BCUT2D eigenvalue weighted by Crippen LogP contribution is -2.55. The molecule has 0 aliphatic carbocycles. The maximum atomic E-state index is 14.6. The SMILES string of the molecule is CCCCCCN(C(=O)C(CC(C)C)NC(=O)OC(C)(C)C)C(C(=O)NC(Cc1ccccc1)C(=O)OC(C)(C)C)c1ccc(O)c(C)c1. The van der Waals surface area contributed by atoms with Crippen LogP contribution in [0.4, 0.5) is 4.79 Å². The van der Waals surface area contributed by atoms with Gasteiger partial charge in [-0.05, 0) is 96.0 Å². The molecule has 3 N–H and O–H groups in total. The topological polar surface area (TPSA) is 134 Å². The van der Waals surface area contributed by atoms with Crippen LogP contribution in [0.15, 0.2) is 48.5 Å². The van der Waals surface area contributed by atoms with Crippen LogP contribution in [0, 0.1) is 12.8 Å². The molecule has 2 aromatic rings. The molecular weight excluding hydrogens is 622 g/mol. The van der Waals surface area contributed by atoms with Gasteiger partial charge in [-0.3, -0.25) is 9.59 Å². The van der Waals surface area contributed by atoms with E-state index in [0.29, 0.717) is 24.0 Å². The molecule has 0 fully saturated rings. The third kappa shape index (κ3) is 14.5.